The summed E-state index contributed by atoms with van der Waals surface area (Å²) < 4.78 is 18.2. The summed E-state index contributed by atoms with van der Waals surface area (Å²) in [6, 6.07) is 27.9. The van der Waals surface area contributed by atoms with Gasteiger partial charge in [0.05, 0.1) is 50.7 Å². The predicted molar refractivity (Wildman–Crippen MR) is 147 cm³/mol. The number of hydrogen-bond acceptors (Lipinski definition) is 5. The van der Waals surface area contributed by atoms with Crippen molar-refractivity contribution in [2.45, 2.75) is 25.8 Å². The van der Waals surface area contributed by atoms with Gasteiger partial charge in [-0.15, -0.1) is 0 Å². The van der Waals surface area contributed by atoms with Crippen LogP contribution in [-0.4, -0.2) is 64.6 Å². The van der Waals surface area contributed by atoms with Crippen molar-refractivity contribution in [3.63, 3.8) is 0 Å². The minimum atomic E-state index is -2.57. The maximum atomic E-state index is 12.4. The summed E-state index contributed by atoms with van der Waals surface area (Å²) in [5.41, 5.74) is 0.911. The Labute approximate surface area is 220 Å². The fourth-order valence-corrected chi connectivity index (χ4v) is 9.48. The smallest absolute Gasteiger partial charge is 0.261 e. The molecule has 0 fully saturated rings. The number of imide groups is 1. The molecule has 7 heteroatoms. The first-order chi connectivity index (χ1) is 17.9. The molecule has 0 aliphatic carbocycles. The van der Waals surface area contributed by atoms with Crippen molar-refractivity contribution >= 4 is 30.5 Å². The van der Waals surface area contributed by atoms with E-state index in [2.05, 4.69) is 69.3 Å². The molecule has 1 heterocycles. The van der Waals surface area contributed by atoms with Crippen LogP contribution in [0.5, 0.6) is 0 Å². The van der Waals surface area contributed by atoms with E-state index in [0.717, 1.165) is 0 Å². The lowest BCUT2D eigenvalue weighted by atomic mass is 10.1. The summed E-state index contributed by atoms with van der Waals surface area (Å²) in [6.45, 7) is 8.97. The van der Waals surface area contributed by atoms with E-state index in [9.17, 15) is 9.59 Å². The van der Waals surface area contributed by atoms with Crippen LogP contribution in [0, 0.1) is 0 Å². The van der Waals surface area contributed by atoms with E-state index in [1.54, 1.807) is 24.3 Å². The van der Waals surface area contributed by atoms with Crippen LogP contribution < -0.4 is 10.4 Å². The van der Waals surface area contributed by atoms with E-state index in [4.69, 9.17) is 13.9 Å². The maximum Gasteiger partial charge on any atom is 0.261 e. The van der Waals surface area contributed by atoms with Crippen LogP contribution in [-0.2, 0) is 13.9 Å². The first-order valence-electron chi connectivity index (χ1n) is 12.7. The second kappa shape index (κ2) is 12.0. The van der Waals surface area contributed by atoms with Crippen LogP contribution in [0.15, 0.2) is 84.9 Å². The van der Waals surface area contributed by atoms with E-state index in [-0.39, 0.29) is 30.0 Å². The molecular formula is C30H35NO5Si. The van der Waals surface area contributed by atoms with Crippen LogP contribution in [0.25, 0.3) is 0 Å². The van der Waals surface area contributed by atoms with Gasteiger partial charge in [-0.3, -0.25) is 14.5 Å². The number of fused-ring (bicyclic) bond motifs is 1. The molecule has 37 heavy (non-hydrogen) atoms. The molecule has 0 atom stereocenters. The minimum absolute atomic E-state index is 0.0804. The molecule has 0 saturated carbocycles. The Morgan fingerprint density at radius 2 is 1.05 bits per heavy atom. The number of rotatable bonds is 12. The number of carbonyl (C=O) groups is 2. The van der Waals surface area contributed by atoms with Gasteiger partial charge in [-0.05, 0) is 27.5 Å². The fraction of sp³-hybridized carbons (Fsp3) is 0.333. The molecule has 4 rings (SSSR count). The third-order valence-corrected chi connectivity index (χ3v) is 11.7. The highest BCUT2D eigenvalue weighted by molar-refractivity contribution is 6.99. The van der Waals surface area contributed by atoms with Crippen molar-refractivity contribution < 1.29 is 23.5 Å². The van der Waals surface area contributed by atoms with E-state index in [1.807, 2.05) is 12.1 Å². The molecule has 0 radical (unpaired) electrons. The van der Waals surface area contributed by atoms with Crippen LogP contribution in [0.4, 0.5) is 0 Å². The van der Waals surface area contributed by atoms with E-state index in [1.165, 1.54) is 15.3 Å². The number of carbonyl (C=O) groups excluding carboxylic acids is 2. The number of nitrogens with zero attached hydrogens (tertiary/aromatic N) is 1. The zero-order valence-corrected chi connectivity index (χ0v) is 22.8. The lowest BCUT2D eigenvalue weighted by Crippen LogP contribution is -2.66. The molecule has 6 nitrogen and oxygen atoms in total. The molecule has 1 aliphatic heterocycles. The standard InChI is InChI=1S/C30H35NO5Si/c1-30(2,3)37(24-12-6-4-7-13-24,25-14-8-5-9-15-25)36-23-22-35-21-20-34-19-18-31-28(32)26-16-10-11-17-27(26)29(31)33/h4-17H,18-23H2,1-3H3. The van der Waals surface area contributed by atoms with Crippen molar-refractivity contribution in [3.05, 3.63) is 96.1 Å². The lowest BCUT2D eigenvalue weighted by molar-refractivity contribution is 0.0274. The molecule has 0 bridgehead atoms. The Kier molecular flexibility index (Phi) is 8.71. The summed E-state index contributed by atoms with van der Waals surface area (Å²) in [5.74, 6) is -0.526. The SMILES string of the molecule is CC(C)(C)[Si](OCCOCCOCCN1C(=O)c2ccccc2C1=O)(c1ccccc1)c1ccccc1. The van der Waals surface area contributed by atoms with Crippen molar-refractivity contribution in [2.24, 2.45) is 0 Å². The summed E-state index contributed by atoms with van der Waals surface area (Å²) in [7, 11) is -2.57. The van der Waals surface area contributed by atoms with Crippen LogP contribution in [0.2, 0.25) is 5.04 Å². The van der Waals surface area contributed by atoms with Gasteiger partial charge in [0.15, 0.2) is 0 Å². The first-order valence-corrected chi connectivity index (χ1v) is 14.6. The molecule has 0 N–H and O–H groups in total. The number of hydrogen-bond donors (Lipinski definition) is 0. The van der Waals surface area contributed by atoms with E-state index < -0.39 is 8.32 Å². The van der Waals surface area contributed by atoms with Crippen LogP contribution >= 0.6 is 0 Å². The molecule has 2 amide bonds. The highest BCUT2D eigenvalue weighted by Crippen LogP contribution is 2.36. The highest BCUT2D eigenvalue weighted by Gasteiger charge is 2.50. The second-order valence-corrected chi connectivity index (χ2v) is 14.3. The van der Waals surface area contributed by atoms with Crippen molar-refractivity contribution in [2.75, 3.05) is 39.6 Å². The normalized spacial score (nSPS) is 13.8. The van der Waals surface area contributed by atoms with Crippen LogP contribution in [0.3, 0.4) is 0 Å². The third-order valence-electron chi connectivity index (χ3n) is 6.67. The van der Waals surface area contributed by atoms with Crippen molar-refractivity contribution in [1.82, 2.24) is 4.90 Å². The van der Waals surface area contributed by atoms with E-state index in [0.29, 0.717) is 37.6 Å². The Morgan fingerprint density at radius 3 is 1.54 bits per heavy atom. The summed E-state index contributed by atoms with van der Waals surface area (Å²) in [5, 5.41) is 2.40. The van der Waals surface area contributed by atoms with Gasteiger partial charge in [0.2, 0.25) is 0 Å². The van der Waals surface area contributed by atoms with Gasteiger partial charge in [0.25, 0.3) is 20.1 Å². The maximum absolute atomic E-state index is 12.4. The van der Waals surface area contributed by atoms with E-state index >= 15 is 0 Å². The number of amides is 2. The summed E-state index contributed by atoms with van der Waals surface area (Å²) in [4.78, 5) is 26.1. The molecule has 194 valence electrons. The molecule has 0 aromatic heterocycles. The molecule has 1 aliphatic rings. The minimum Gasteiger partial charge on any atom is -0.405 e. The zero-order chi connectivity index (χ0) is 26.3. The van der Waals surface area contributed by atoms with Gasteiger partial charge < -0.3 is 13.9 Å². The van der Waals surface area contributed by atoms with Gasteiger partial charge in [-0.2, -0.15) is 0 Å². The second-order valence-electron chi connectivity index (χ2n) is 10.0. The Morgan fingerprint density at radius 1 is 0.622 bits per heavy atom. The van der Waals surface area contributed by atoms with Crippen LogP contribution in [0.1, 0.15) is 41.5 Å². The number of benzene rings is 3. The zero-order valence-electron chi connectivity index (χ0n) is 21.8. The highest BCUT2D eigenvalue weighted by atomic mass is 28.4. The molecule has 0 spiro atoms. The Bertz CT molecular complexity index is 1120. The lowest BCUT2D eigenvalue weighted by Gasteiger charge is -2.43. The molecular weight excluding hydrogens is 482 g/mol. The van der Waals surface area contributed by atoms with Crippen molar-refractivity contribution in [3.8, 4) is 0 Å². The fourth-order valence-electron chi connectivity index (χ4n) is 4.94. The largest absolute Gasteiger partial charge is 0.405 e. The summed E-state index contributed by atoms with van der Waals surface area (Å²) >= 11 is 0. The molecule has 0 saturated heterocycles. The number of ether oxygens (including phenoxy) is 2. The average Bonchev–Trinajstić information content (AvgIpc) is 3.15. The monoisotopic (exact) mass is 517 g/mol. The summed E-state index contributed by atoms with van der Waals surface area (Å²) in [6.07, 6.45) is 0. The predicted octanol–water partition coefficient (Wildman–Crippen LogP) is 3.89. The Hall–Kier alpha value is -3.10. The third kappa shape index (κ3) is 5.75. The Balaban J connectivity index is 1.24. The van der Waals surface area contributed by atoms with Gasteiger partial charge in [-0.1, -0.05) is 93.6 Å². The average molecular weight is 518 g/mol. The topological polar surface area (TPSA) is 65.1 Å². The molecule has 3 aromatic rings. The first kappa shape index (κ1) is 26.9. The van der Waals surface area contributed by atoms with Gasteiger partial charge >= 0.3 is 0 Å². The quantitative estimate of drug-likeness (QED) is 0.207. The van der Waals surface area contributed by atoms with Crippen molar-refractivity contribution in [1.29, 1.82) is 0 Å². The van der Waals surface area contributed by atoms with Gasteiger partial charge in [0, 0.05) is 0 Å². The molecule has 0 unspecified atom stereocenters. The van der Waals surface area contributed by atoms with Gasteiger partial charge in [-0.25, -0.2) is 0 Å². The molecule has 3 aromatic carbocycles. The van der Waals surface area contributed by atoms with Gasteiger partial charge in [0.1, 0.15) is 0 Å².